The lowest BCUT2D eigenvalue weighted by Crippen LogP contribution is -2.31. The minimum Gasteiger partial charge on any atom is -0.452 e. The number of anilines is 1. The van der Waals surface area contributed by atoms with Crippen molar-refractivity contribution in [1.82, 2.24) is 5.32 Å². The smallest absolute Gasteiger partial charge is 0.340 e. The standard InChI is InChI=1S/C13H17ClN2O3/c1-8(2)6-16-12(17)7-19-13(18)10-5-9(15)3-4-11(10)14/h3-5,8H,6-7,15H2,1-2H3,(H,16,17). The van der Waals surface area contributed by atoms with Crippen LogP contribution in [0, 0.1) is 5.92 Å². The third kappa shape index (κ3) is 5.18. The number of carbonyl (C=O) groups is 2. The number of hydrogen-bond acceptors (Lipinski definition) is 4. The van der Waals surface area contributed by atoms with Gasteiger partial charge in [-0.15, -0.1) is 0 Å². The Bertz CT molecular complexity index is 475. The molecule has 0 heterocycles. The van der Waals surface area contributed by atoms with E-state index >= 15 is 0 Å². The zero-order chi connectivity index (χ0) is 14.4. The molecule has 19 heavy (non-hydrogen) atoms. The largest absolute Gasteiger partial charge is 0.452 e. The number of esters is 1. The molecule has 104 valence electrons. The summed E-state index contributed by atoms with van der Waals surface area (Å²) in [6, 6.07) is 4.50. The molecule has 0 radical (unpaired) electrons. The summed E-state index contributed by atoms with van der Waals surface area (Å²) in [5.74, 6) is -0.679. The summed E-state index contributed by atoms with van der Waals surface area (Å²) < 4.78 is 4.87. The van der Waals surface area contributed by atoms with E-state index in [2.05, 4.69) is 5.32 Å². The first kappa shape index (κ1) is 15.3. The van der Waals surface area contributed by atoms with E-state index in [-0.39, 0.29) is 23.1 Å². The van der Waals surface area contributed by atoms with Gasteiger partial charge in [0.2, 0.25) is 0 Å². The minimum atomic E-state index is -0.669. The van der Waals surface area contributed by atoms with Crippen LogP contribution in [0.2, 0.25) is 5.02 Å². The van der Waals surface area contributed by atoms with Crippen LogP contribution in [-0.4, -0.2) is 25.0 Å². The van der Waals surface area contributed by atoms with Crippen molar-refractivity contribution in [3.63, 3.8) is 0 Å². The molecule has 0 aliphatic carbocycles. The Morgan fingerprint density at radius 1 is 1.42 bits per heavy atom. The average molecular weight is 285 g/mol. The lowest BCUT2D eigenvalue weighted by atomic mass is 10.2. The summed E-state index contributed by atoms with van der Waals surface area (Å²) in [6.45, 7) is 4.14. The van der Waals surface area contributed by atoms with Gasteiger partial charge in [0, 0.05) is 12.2 Å². The molecule has 1 aromatic carbocycles. The number of halogens is 1. The fourth-order valence-electron chi connectivity index (χ4n) is 1.28. The van der Waals surface area contributed by atoms with Gasteiger partial charge in [-0.05, 0) is 24.1 Å². The number of amides is 1. The van der Waals surface area contributed by atoms with Crippen LogP contribution < -0.4 is 11.1 Å². The number of hydrogen-bond donors (Lipinski definition) is 2. The second-order valence-corrected chi connectivity index (χ2v) is 4.92. The first-order chi connectivity index (χ1) is 8.90. The van der Waals surface area contributed by atoms with Gasteiger partial charge in [0.15, 0.2) is 6.61 Å². The van der Waals surface area contributed by atoms with Crippen molar-refractivity contribution in [3.8, 4) is 0 Å². The Balaban J connectivity index is 2.51. The highest BCUT2D eigenvalue weighted by Crippen LogP contribution is 2.19. The molecule has 0 unspecified atom stereocenters. The van der Waals surface area contributed by atoms with Gasteiger partial charge < -0.3 is 15.8 Å². The Morgan fingerprint density at radius 2 is 2.11 bits per heavy atom. The van der Waals surface area contributed by atoms with Crippen LogP contribution in [-0.2, 0) is 9.53 Å². The minimum absolute atomic E-state index is 0.151. The number of nitrogen functional groups attached to an aromatic ring is 1. The van der Waals surface area contributed by atoms with Crippen LogP contribution in [0.25, 0.3) is 0 Å². The van der Waals surface area contributed by atoms with E-state index in [4.69, 9.17) is 22.1 Å². The SMILES string of the molecule is CC(C)CNC(=O)COC(=O)c1cc(N)ccc1Cl. The Morgan fingerprint density at radius 3 is 2.74 bits per heavy atom. The van der Waals surface area contributed by atoms with Crippen molar-refractivity contribution in [2.75, 3.05) is 18.9 Å². The summed E-state index contributed by atoms with van der Waals surface area (Å²) >= 11 is 5.85. The topological polar surface area (TPSA) is 81.4 Å². The van der Waals surface area contributed by atoms with E-state index in [9.17, 15) is 9.59 Å². The van der Waals surface area contributed by atoms with Crippen molar-refractivity contribution in [2.45, 2.75) is 13.8 Å². The maximum absolute atomic E-state index is 11.7. The van der Waals surface area contributed by atoms with Gasteiger partial charge in [-0.3, -0.25) is 4.79 Å². The lowest BCUT2D eigenvalue weighted by molar-refractivity contribution is -0.124. The van der Waals surface area contributed by atoms with Crippen molar-refractivity contribution in [3.05, 3.63) is 28.8 Å². The van der Waals surface area contributed by atoms with Crippen LogP contribution in [0.1, 0.15) is 24.2 Å². The van der Waals surface area contributed by atoms with Gasteiger partial charge in [-0.25, -0.2) is 4.79 Å². The molecule has 0 aliphatic rings. The Kier molecular flexibility index (Phi) is 5.63. The second-order valence-electron chi connectivity index (χ2n) is 4.51. The molecule has 0 atom stereocenters. The predicted octanol–water partition coefficient (Wildman–Crippen LogP) is 1.85. The van der Waals surface area contributed by atoms with Gasteiger partial charge in [0.1, 0.15) is 0 Å². The summed E-state index contributed by atoms with van der Waals surface area (Å²) in [7, 11) is 0. The number of rotatable bonds is 5. The van der Waals surface area contributed by atoms with Crippen molar-refractivity contribution < 1.29 is 14.3 Å². The molecule has 3 N–H and O–H groups in total. The first-order valence-corrected chi connectivity index (χ1v) is 6.26. The molecule has 1 amide bonds. The zero-order valence-corrected chi connectivity index (χ0v) is 11.7. The van der Waals surface area contributed by atoms with Crippen molar-refractivity contribution in [2.24, 2.45) is 5.92 Å². The molecule has 0 saturated carbocycles. The second kappa shape index (κ2) is 6.99. The van der Waals surface area contributed by atoms with Gasteiger partial charge in [-0.2, -0.15) is 0 Å². The summed E-state index contributed by atoms with van der Waals surface area (Å²) in [4.78, 5) is 23.1. The first-order valence-electron chi connectivity index (χ1n) is 5.89. The third-order valence-electron chi connectivity index (χ3n) is 2.25. The van der Waals surface area contributed by atoms with Crippen LogP contribution >= 0.6 is 11.6 Å². The van der Waals surface area contributed by atoms with Crippen molar-refractivity contribution in [1.29, 1.82) is 0 Å². The van der Waals surface area contributed by atoms with Crippen LogP contribution in [0.4, 0.5) is 5.69 Å². The summed E-state index contributed by atoms with van der Waals surface area (Å²) in [5, 5.41) is 2.88. The van der Waals surface area contributed by atoms with E-state index in [0.29, 0.717) is 18.2 Å². The quantitative estimate of drug-likeness (QED) is 0.639. The molecule has 0 saturated heterocycles. The molecule has 0 fully saturated rings. The fraction of sp³-hybridized carbons (Fsp3) is 0.385. The van der Waals surface area contributed by atoms with Gasteiger partial charge in [-0.1, -0.05) is 25.4 Å². The highest BCUT2D eigenvalue weighted by Gasteiger charge is 2.14. The number of ether oxygens (including phenoxy) is 1. The third-order valence-corrected chi connectivity index (χ3v) is 2.58. The van der Waals surface area contributed by atoms with E-state index in [1.807, 2.05) is 13.8 Å². The van der Waals surface area contributed by atoms with E-state index < -0.39 is 5.97 Å². The fourth-order valence-corrected chi connectivity index (χ4v) is 1.47. The molecule has 1 aromatic rings. The Labute approximate surface area is 117 Å². The van der Waals surface area contributed by atoms with Crippen LogP contribution in [0.3, 0.4) is 0 Å². The number of benzene rings is 1. The monoisotopic (exact) mass is 284 g/mol. The van der Waals surface area contributed by atoms with Gasteiger partial charge >= 0.3 is 5.97 Å². The molecule has 0 spiro atoms. The average Bonchev–Trinajstić information content (AvgIpc) is 2.36. The molecule has 1 rings (SSSR count). The zero-order valence-electron chi connectivity index (χ0n) is 10.9. The number of nitrogens with one attached hydrogen (secondary N) is 1. The predicted molar refractivity (Wildman–Crippen MR) is 74.0 cm³/mol. The Hall–Kier alpha value is -1.75. The van der Waals surface area contributed by atoms with Crippen LogP contribution in [0.15, 0.2) is 18.2 Å². The highest BCUT2D eigenvalue weighted by atomic mass is 35.5. The van der Waals surface area contributed by atoms with Crippen LogP contribution in [0.5, 0.6) is 0 Å². The van der Waals surface area contributed by atoms with Gasteiger partial charge in [0.05, 0.1) is 10.6 Å². The molecular formula is C13H17ClN2O3. The molecular weight excluding hydrogens is 268 g/mol. The molecule has 6 heteroatoms. The molecule has 0 bridgehead atoms. The number of carbonyl (C=O) groups excluding carboxylic acids is 2. The van der Waals surface area contributed by atoms with Gasteiger partial charge in [0.25, 0.3) is 5.91 Å². The normalized spacial score (nSPS) is 10.3. The van der Waals surface area contributed by atoms with E-state index in [0.717, 1.165) is 0 Å². The molecule has 0 aliphatic heterocycles. The summed E-state index contributed by atoms with van der Waals surface area (Å²) in [5.41, 5.74) is 6.11. The molecule has 0 aromatic heterocycles. The molecule has 5 nitrogen and oxygen atoms in total. The highest BCUT2D eigenvalue weighted by molar-refractivity contribution is 6.33. The van der Waals surface area contributed by atoms with E-state index in [1.165, 1.54) is 12.1 Å². The van der Waals surface area contributed by atoms with E-state index in [1.54, 1.807) is 6.07 Å². The lowest BCUT2D eigenvalue weighted by Gasteiger charge is -2.09. The summed E-state index contributed by atoms with van der Waals surface area (Å²) in [6.07, 6.45) is 0. The number of nitrogens with two attached hydrogens (primary N) is 1. The van der Waals surface area contributed by atoms with Crippen molar-refractivity contribution >= 4 is 29.2 Å². The maximum Gasteiger partial charge on any atom is 0.340 e. The maximum atomic E-state index is 11.7.